The Hall–Kier alpha value is -2.43. The number of fused-ring (bicyclic) bond motifs is 1. The van der Waals surface area contributed by atoms with Crippen molar-refractivity contribution in [1.82, 2.24) is 15.3 Å². The Kier molecular flexibility index (Phi) is 4.38. The molecule has 2 heterocycles. The van der Waals surface area contributed by atoms with Crippen LogP contribution in [0.1, 0.15) is 54.0 Å². The highest BCUT2D eigenvalue weighted by molar-refractivity contribution is 5.93. The number of hydrogen-bond donors (Lipinski definition) is 1. The molecular weight excluding hydrogens is 312 g/mol. The molecular formula is C20H24N4O. The Morgan fingerprint density at radius 2 is 1.96 bits per heavy atom. The standard InChI is InChI=1S/C20H24N4O/c1-14-21-17(20(25)23-16-8-3-2-4-9-16)13-19(22-14)24-12-11-15-7-5-6-10-18(15)24/h5-7,10,13,16H,2-4,8-9,11-12H2,1H3,(H,23,25). The van der Waals surface area contributed by atoms with Gasteiger partial charge in [0.25, 0.3) is 5.91 Å². The van der Waals surface area contributed by atoms with Crippen LogP contribution in [0.5, 0.6) is 0 Å². The molecule has 2 aromatic rings. The van der Waals surface area contributed by atoms with E-state index in [1.165, 1.54) is 30.5 Å². The molecule has 5 nitrogen and oxygen atoms in total. The fourth-order valence-electron chi connectivity index (χ4n) is 3.89. The molecule has 0 saturated heterocycles. The van der Waals surface area contributed by atoms with Crippen LogP contribution in [0.2, 0.25) is 0 Å². The van der Waals surface area contributed by atoms with Gasteiger partial charge in [-0.2, -0.15) is 0 Å². The van der Waals surface area contributed by atoms with E-state index in [2.05, 4.69) is 38.4 Å². The maximum Gasteiger partial charge on any atom is 0.270 e. The van der Waals surface area contributed by atoms with Gasteiger partial charge in [-0.25, -0.2) is 9.97 Å². The summed E-state index contributed by atoms with van der Waals surface area (Å²) >= 11 is 0. The summed E-state index contributed by atoms with van der Waals surface area (Å²) in [5, 5.41) is 3.15. The van der Waals surface area contributed by atoms with Crippen LogP contribution in [0.3, 0.4) is 0 Å². The van der Waals surface area contributed by atoms with Crippen molar-refractivity contribution in [1.29, 1.82) is 0 Å². The van der Waals surface area contributed by atoms with E-state index in [4.69, 9.17) is 0 Å². The van der Waals surface area contributed by atoms with Gasteiger partial charge in [0.2, 0.25) is 0 Å². The molecule has 0 atom stereocenters. The lowest BCUT2D eigenvalue weighted by Crippen LogP contribution is -2.36. The number of amides is 1. The smallest absolute Gasteiger partial charge is 0.270 e. The highest BCUT2D eigenvalue weighted by Crippen LogP contribution is 2.33. The second kappa shape index (κ2) is 6.82. The quantitative estimate of drug-likeness (QED) is 0.931. The van der Waals surface area contributed by atoms with E-state index in [0.29, 0.717) is 11.5 Å². The third-order valence-corrected chi connectivity index (χ3v) is 5.16. The summed E-state index contributed by atoms with van der Waals surface area (Å²) in [4.78, 5) is 23.8. The van der Waals surface area contributed by atoms with E-state index in [0.717, 1.165) is 31.6 Å². The fraction of sp³-hybridized carbons (Fsp3) is 0.450. The number of carbonyl (C=O) groups is 1. The first kappa shape index (κ1) is 16.1. The first-order valence-electron chi connectivity index (χ1n) is 9.23. The molecule has 1 aliphatic carbocycles. The van der Waals surface area contributed by atoms with E-state index >= 15 is 0 Å². The van der Waals surface area contributed by atoms with Gasteiger partial charge in [-0.15, -0.1) is 0 Å². The molecule has 5 heteroatoms. The Morgan fingerprint density at radius 1 is 1.16 bits per heavy atom. The van der Waals surface area contributed by atoms with Crippen LogP contribution in [0.15, 0.2) is 30.3 Å². The molecule has 1 N–H and O–H groups in total. The van der Waals surface area contributed by atoms with Crippen molar-refractivity contribution in [3.05, 3.63) is 47.4 Å². The molecule has 2 aliphatic rings. The van der Waals surface area contributed by atoms with Crippen molar-refractivity contribution in [2.75, 3.05) is 11.4 Å². The molecule has 0 radical (unpaired) electrons. The summed E-state index contributed by atoms with van der Waals surface area (Å²) in [6.07, 6.45) is 6.82. The van der Waals surface area contributed by atoms with Crippen LogP contribution in [-0.2, 0) is 6.42 Å². The average molecular weight is 336 g/mol. The van der Waals surface area contributed by atoms with Crippen LogP contribution in [0.25, 0.3) is 0 Å². The SMILES string of the molecule is Cc1nc(C(=O)NC2CCCCC2)cc(N2CCc3ccccc32)n1. The van der Waals surface area contributed by atoms with Crippen LogP contribution >= 0.6 is 0 Å². The summed E-state index contributed by atoms with van der Waals surface area (Å²) in [7, 11) is 0. The first-order valence-corrected chi connectivity index (χ1v) is 9.23. The molecule has 1 aliphatic heterocycles. The average Bonchev–Trinajstić information content (AvgIpc) is 3.06. The van der Waals surface area contributed by atoms with Gasteiger partial charge in [-0.05, 0) is 37.8 Å². The Bertz CT molecular complexity index is 783. The third-order valence-electron chi connectivity index (χ3n) is 5.16. The lowest BCUT2D eigenvalue weighted by atomic mass is 9.95. The molecule has 130 valence electrons. The molecule has 0 spiro atoms. The van der Waals surface area contributed by atoms with Crippen LogP contribution in [0, 0.1) is 6.92 Å². The summed E-state index contributed by atoms with van der Waals surface area (Å²) in [5.41, 5.74) is 2.98. The van der Waals surface area contributed by atoms with Gasteiger partial charge in [-0.3, -0.25) is 4.79 Å². The lowest BCUT2D eigenvalue weighted by Gasteiger charge is -2.23. The minimum atomic E-state index is -0.0777. The topological polar surface area (TPSA) is 58.1 Å². The zero-order valence-electron chi connectivity index (χ0n) is 14.7. The van der Waals surface area contributed by atoms with Crippen LogP contribution in [0.4, 0.5) is 11.5 Å². The van der Waals surface area contributed by atoms with Gasteiger partial charge in [0.15, 0.2) is 0 Å². The second-order valence-corrected chi connectivity index (χ2v) is 7.00. The zero-order chi connectivity index (χ0) is 17.2. The summed E-state index contributed by atoms with van der Waals surface area (Å²) in [6.45, 7) is 2.74. The molecule has 25 heavy (non-hydrogen) atoms. The number of aryl methyl sites for hydroxylation is 1. The van der Waals surface area contributed by atoms with E-state index in [9.17, 15) is 4.79 Å². The van der Waals surface area contributed by atoms with Crippen molar-refractivity contribution < 1.29 is 4.79 Å². The number of aromatic nitrogens is 2. The largest absolute Gasteiger partial charge is 0.348 e. The summed E-state index contributed by atoms with van der Waals surface area (Å²) in [5.74, 6) is 1.37. The van der Waals surface area contributed by atoms with Gasteiger partial charge < -0.3 is 10.2 Å². The van der Waals surface area contributed by atoms with E-state index in [1.807, 2.05) is 19.1 Å². The van der Waals surface area contributed by atoms with Gasteiger partial charge in [-0.1, -0.05) is 37.5 Å². The summed E-state index contributed by atoms with van der Waals surface area (Å²) < 4.78 is 0. The number of para-hydroxylation sites is 1. The monoisotopic (exact) mass is 336 g/mol. The first-order chi connectivity index (χ1) is 12.2. The minimum absolute atomic E-state index is 0.0777. The number of hydrogen-bond acceptors (Lipinski definition) is 4. The molecule has 4 rings (SSSR count). The Morgan fingerprint density at radius 3 is 2.80 bits per heavy atom. The predicted molar refractivity (Wildman–Crippen MR) is 98.3 cm³/mol. The van der Waals surface area contributed by atoms with Gasteiger partial charge in [0.05, 0.1) is 0 Å². The highest BCUT2D eigenvalue weighted by Gasteiger charge is 2.23. The fourth-order valence-corrected chi connectivity index (χ4v) is 3.89. The maximum absolute atomic E-state index is 12.7. The number of carbonyl (C=O) groups excluding carboxylic acids is 1. The van der Waals surface area contributed by atoms with Crippen LogP contribution < -0.4 is 10.2 Å². The van der Waals surface area contributed by atoms with Gasteiger partial charge in [0, 0.05) is 24.3 Å². The number of rotatable bonds is 3. The van der Waals surface area contributed by atoms with Crippen molar-refractivity contribution in [3.63, 3.8) is 0 Å². The molecule has 1 aromatic heterocycles. The summed E-state index contributed by atoms with van der Waals surface area (Å²) in [6, 6.07) is 10.5. The van der Waals surface area contributed by atoms with E-state index in [-0.39, 0.29) is 11.9 Å². The van der Waals surface area contributed by atoms with Gasteiger partial charge in [0.1, 0.15) is 17.3 Å². The van der Waals surface area contributed by atoms with Crippen molar-refractivity contribution in [2.45, 2.75) is 51.5 Å². The number of nitrogens with one attached hydrogen (secondary N) is 1. The molecule has 0 bridgehead atoms. The third kappa shape index (κ3) is 3.36. The number of benzene rings is 1. The van der Waals surface area contributed by atoms with E-state index in [1.54, 1.807) is 0 Å². The molecule has 1 aromatic carbocycles. The van der Waals surface area contributed by atoms with E-state index < -0.39 is 0 Å². The predicted octanol–water partition coefficient (Wildman–Crippen LogP) is 3.54. The van der Waals surface area contributed by atoms with Crippen molar-refractivity contribution >= 4 is 17.4 Å². The molecule has 1 amide bonds. The van der Waals surface area contributed by atoms with Crippen molar-refractivity contribution in [3.8, 4) is 0 Å². The zero-order valence-corrected chi connectivity index (χ0v) is 14.7. The number of nitrogens with zero attached hydrogens (tertiary/aromatic N) is 3. The highest BCUT2D eigenvalue weighted by atomic mass is 16.1. The van der Waals surface area contributed by atoms with Gasteiger partial charge >= 0.3 is 0 Å². The lowest BCUT2D eigenvalue weighted by molar-refractivity contribution is 0.0922. The number of anilines is 2. The molecule has 1 fully saturated rings. The molecule has 1 saturated carbocycles. The minimum Gasteiger partial charge on any atom is -0.348 e. The Labute approximate surface area is 148 Å². The maximum atomic E-state index is 12.7. The second-order valence-electron chi connectivity index (χ2n) is 7.00. The normalized spacial score (nSPS) is 17.4. The van der Waals surface area contributed by atoms with Crippen molar-refractivity contribution in [2.24, 2.45) is 0 Å². The van der Waals surface area contributed by atoms with Crippen LogP contribution in [-0.4, -0.2) is 28.5 Å². The Balaban J connectivity index is 1.58. The molecule has 0 unspecified atom stereocenters.